The van der Waals surface area contributed by atoms with Gasteiger partial charge in [0.15, 0.2) is 0 Å². The Labute approximate surface area is 108 Å². The van der Waals surface area contributed by atoms with Gasteiger partial charge in [-0.25, -0.2) is 4.39 Å². The maximum atomic E-state index is 13.2. The Bertz CT molecular complexity index is 378. The molecule has 3 nitrogen and oxygen atoms in total. The van der Waals surface area contributed by atoms with Crippen LogP contribution in [0.5, 0.6) is 5.75 Å². The Morgan fingerprint density at radius 1 is 1.22 bits per heavy atom. The standard InChI is InChI=1S/C14H21FN2O/c15-13-8-12(11-16)9-14(10-13)18-7-3-6-17-4-1-2-5-17/h8-10H,1-7,11,16H2. The van der Waals surface area contributed by atoms with Crippen molar-refractivity contribution in [2.75, 3.05) is 26.2 Å². The number of hydrogen-bond donors (Lipinski definition) is 1. The molecule has 18 heavy (non-hydrogen) atoms. The summed E-state index contributed by atoms with van der Waals surface area (Å²) in [6.07, 6.45) is 3.60. The Morgan fingerprint density at radius 2 is 2.00 bits per heavy atom. The molecular weight excluding hydrogens is 231 g/mol. The molecule has 1 aromatic carbocycles. The SMILES string of the molecule is NCc1cc(F)cc(OCCCN2CCCC2)c1. The summed E-state index contributed by atoms with van der Waals surface area (Å²) in [6.45, 7) is 4.44. The van der Waals surface area contributed by atoms with Gasteiger partial charge >= 0.3 is 0 Å². The molecule has 0 saturated carbocycles. The minimum atomic E-state index is -0.285. The molecule has 1 aliphatic rings. The van der Waals surface area contributed by atoms with Crippen LogP contribution in [0.1, 0.15) is 24.8 Å². The van der Waals surface area contributed by atoms with Crippen molar-refractivity contribution in [3.8, 4) is 5.75 Å². The van der Waals surface area contributed by atoms with Crippen molar-refractivity contribution in [2.45, 2.75) is 25.8 Å². The largest absolute Gasteiger partial charge is 0.493 e. The van der Waals surface area contributed by atoms with E-state index in [1.54, 1.807) is 6.07 Å². The van der Waals surface area contributed by atoms with Gasteiger partial charge in [-0.3, -0.25) is 0 Å². The van der Waals surface area contributed by atoms with Crippen LogP contribution in [0.3, 0.4) is 0 Å². The third-order valence-corrected chi connectivity index (χ3v) is 3.25. The number of likely N-dealkylation sites (tertiary alicyclic amines) is 1. The smallest absolute Gasteiger partial charge is 0.127 e. The molecule has 1 heterocycles. The van der Waals surface area contributed by atoms with Gasteiger partial charge in [0.05, 0.1) is 6.61 Å². The van der Waals surface area contributed by atoms with Gasteiger partial charge in [-0.2, -0.15) is 0 Å². The number of hydrogen-bond acceptors (Lipinski definition) is 3. The molecule has 1 saturated heterocycles. The second-order valence-electron chi connectivity index (χ2n) is 4.75. The fourth-order valence-electron chi connectivity index (χ4n) is 2.31. The van der Waals surface area contributed by atoms with E-state index in [0.29, 0.717) is 18.9 Å². The maximum absolute atomic E-state index is 13.2. The third kappa shape index (κ3) is 3.96. The molecular formula is C14H21FN2O. The molecule has 0 unspecified atom stereocenters. The van der Waals surface area contributed by atoms with Crippen molar-refractivity contribution >= 4 is 0 Å². The summed E-state index contributed by atoms with van der Waals surface area (Å²) in [6, 6.07) is 4.66. The van der Waals surface area contributed by atoms with E-state index in [2.05, 4.69) is 4.90 Å². The monoisotopic (exact) mass is 252 g/mol. The summed E-state index contributed by atoms with van der Waals surface area (Å²) < 4.78 is 18.8. The molecule has 1 aromatic rings. The Balaban J connectivity index is 1.73. The Hall–Kier alpha value is -1.13. The highest BCUT2D eigenvalue weighted by atomic mass is 19.1. The minimum Gasteiger partial charge on any atom is -0.493 e. The van der Waals surface area contributed by atoms with Crippen LogP contribution in [-0.4, -0.2) is 31.1 Å². The van der Waals surface area contributed by atoms with Gasteiger partial charge in [0.2, 0.25) is 0 Å². The molecule has 1 aliphatic heterocycles. The molecule has 0 aromatic heterocycles. The van der Waals surface area contributed by atoms with Crippen molar-refractivity contribution < 1.29 is 9.13 Å². The average Bonchev–Trinajstić information content (AvgIpc) is 2.87. The van der Waals surface area contributed by atoms with E-state index in [4.69, 9.17) is 10.5 Å². The van der Waals surface area contributed by atoms with E-state index in [1.165, 1.54) is 38.1 Å². The summed E-state index contributed by atoms with van der Waals surface area (Å²) in [4.78, 5) is 2.44. The predicted molar refractivity (Wildman–Crippen MR) is 70.1 cm³/mol. The first-order valence-corrected chi connectivity index (χ1v) is 6.62. The molecule has 1 fully saturated rings. The molecule has 0 bridgehead atoms. The Morgan fingerprint density at radius 3 is 2.72 bits per heavy atom. The average molecular weight is 252 g/mol. The van der Waals surface area contributed by atoms with Crippen LogP contribution in [0.25, 0.3) is 0 Å². The van der Waals surface area contributed by atoms with Crippen LogP contribution >= 0.6 is 0 Å². The zero-order valence-corrected chi connectivity index (χ0v) is 10.7. The van der Waals surface area contributed by atoms with E-state index in [0.717, 1.165) is 18.5 Å². The molecule has 0 aliphatic carbocycles. The van der Waals surface area contributed by atoms with Crippen LogP contribution in [-0.2, 0) is 6.54 Å². The van der Waals surface area contributed by atoms with Gasteiger partial charge in [-0.05, 0) is 50.0 Å². The summed E-state index contributed by atoms with van der Waals surface area (Å²) in [5.74, 6) is 0.296. The predicted octanol–water partition coefficient (Wildman–Crippen LogP) is 2.15. The van der Waals surface area contributed by atoms with Crippen LogP contribution in [0.2, 0.25) is 0 Å². The first kappa shape index (κ1) is 13.3. The summed E-state index contributed by atoms with van der Waals surface area (Å²) in [5.41, 5.74) is 6.26. The van der Waals surface area contributed by atoms with Crippen LogP contribution in [0.15, 0.2) is 18.2 Å². The minimum absolute atomic E-state index is 0.285. The maximum Gasteiger partial charge on any atom is 0.127 e. The lowest BCUT2D eigenvalue weighted by atomic mass is 10.2. The fraction of sp³-hybridized carbons (Fsp3) is 0.571. The highest BCUT2D eigenvalue weighted by molar-refractivity contribution is 5.29. The summed E-state index contributed by atoms with van der Waals surface area (Å²) in [5, 5.41) is 0. The first-order chi connectivity index (χ1) is 8.78. The lowest BCUT2D eigenvalue weighted by molar-refractivity contribution is 0.262. The van der Waals surface area contributed by atoms with Gasteiger partial charge in [-0.15, -0.1) is 0 Å². The number of halogens is 1. The molecule has 0 spiro atoms. The first-order valence-electron chi connectivity index (χ1n) is 6.62. The molecule has 2 rings (SSSR count). The van der Waals surface area contributed by atoms with Crippen molar-refractivity contribution in [1.29, 1.82) is 0 Å². The van der Waals surface area contributed by atoms with Crippen LogP contribution in [0.4, 0.5) is 4.39 Å². The van der Waals surface area contributed by atoms with Gasteiger partial charge in [-0.1, -0.05) is 0 Å². The second-order valence-corrected chi connectivity index (χ2v) is 4.75. The topological polar surface area (TPSA) is 38.5 Å². The van der Waals surface area contributed by atoms with Gasteiger partial charge < -0.3 is 15.4 Å². The molecule has 2 N–H and O–H groups in total. The third-order valence-electron chi connectivity index (χ3n) is 3.25. The molecule has 4 heteroatoms. The van der Waals surface area contributed by atoms with Crippen LogP contribution < -0.4 is 10.5 Å². The molecule has 0 atom stereocenters. The number of benzene rings is 1. The van der Waals surface area contributed by atoms with Gasteiger partial charge in [0.25, 0.3) is 0 Å². The number of nitrogens with two attached hydrogens (primary N) is 1. The van der Waals surface area contributed by atoms with E-state index < -0.39 is 0 Å². The van der Waals surface area contributed by atoms with E-state index >= 15 is 0 Å². The normalized spacial score (nSPS) is 16.1. The van der Waals surface area contributed by atoms with E-state index in [1.807, 2.05) is 0 Å². The van der Waals surface area contributed by atoms with Crippen LogP contribution in [0, 0.1) is 5.82 Å². The van der Waals surface area contributed by atoms with Gasteiger partial charge in [0, 0.05) is 19.2 Å². The van der Waals surface area contributed by atoms with Crippen molar-refractivity contribution in [3.63, 3.8) is 0 Å². The lowest BCUT2D eigenvalue weighted by Crippen LogP contribution is -2.21. The lowest BCUT2D eigenvalue weighted by Gasteiger charge is -2.14. The zero-order chi connectivity index (χ0) is 12.8. The molecule has 100 valence electrons. The number of rotatable bonds is 6. The number of ether oxygens (including phenoxy) is 1. The zero-order valence-electron chi connectivity index (χ0n) is 10.7. The molecule has 0 amide bonds. The van der Waals surface area contributed by atoms with Crippen molar-refractivity contribution in [2.24, 2.45) is 5.73 Å². The molecule has 0 radical (unpaired) electrons. The highest BCUT2D eigenvalue weighted by Gasteiger charge is 2.10. The summed E-state index contributed by atoms with van der Waals surface area (Å²) in [7, 11) is 0. The van der Waals surface area contributed by atoms with E-state index in [9.17, 15) is 4.39 Å². The number of nitrogens with zero attached hydrogens (tertiary/aromatic N) is 1. The summed E-state index contributed by atoms with van der Waals surface area (Å²) >= 11 is 0. The highest BCUT2D eigenvalue weighted by Crippen LogP contribution is 2.16. The van der Waals surface area contributed by atoms with Crippen molar-refractivity contribution in [1.82, 2.24) is 4.90 Å². The quantitative estimate of drug-likeness (QED) is 0.788. The van der Waals surface area contributed by atoms with Gasteiger partial charge in [0.1, 0.15) is 11.6 Å². The second kappa shape index (κ2) is 6.71. The Kier molecular flexibility index (Phi) is 4.96. The van der Waals surface area contributed by atoms with Crippen molar-refractivity contribution in [3.05, 3.63) is 29.6 Å². The van der Waals surface area contributed by atoms with E-state index in [-0.39, 0.29) is 5.82 Å². The fourth-order valence-corrected chi connectivity index (χ4v) is 2.31.